The van der Waals surface area contributed by atoms with E-state index in [0.717, 1.165) is 47.6 Å². The predicted octanol–water partition coefficient (Wildman–Crippen LogP) is 4.45. The van der Waals surface area contributed by atoms with Crippen molar-refractivity contribution in [2.45, 2.75) is 31.6 Å². The maximum absolute atomic E-state index is 11.6. The monoisotopic (exact) mass is 436 g/mol. The van der Waals surface area contributed by atoms with Crippen LogP contribution in [0.25, 0.3) is 28.0 Å². The molecular weight excluding hydrogens is 412 g/mol. The van der Waals surface area contributed by atoms with Gasteiger partial charge in [0.1, 0.15) is 0 Å². The minimum atomic E-state index is -0.340. The van der Waals surface area contributed by atoms with Crippen molar-refractivity contribution in [1.82, 2.24) is 24.2 Å². The van der Waals surface area contributed by atoms with Gasteiger partial charge in [0.15, 0.2) is 0 Å². The first-order valence-electron chi connectivity index (χ1n) is 10.6. The lowest BCUT2D eigenvalue weighted by Gasteiger charge is -2.31. The maximum Gasteiger partial charge on any atom is 0.314 e. The van der Waals surface area contributed by atoms with Gasteiger partial charge in [0.25, 0.3) is 0 Å². The van der Waals surface area contributed by atoms with Crippen molar-refractivity contribution in [3.8, 4) is 11.4 Å². The smallest absolute Gasteiger partial charge is 0.314 e. The van der Waals surface area contributed by atoms with Crippen molar-refractivity contribution in [2.24, 2.45) is 12.8 Å². The Kier molecular flexibility index (Phi) is 5.06. The molecule has 0 bridgehead atoms. The number of fused-ring (bicyclic) bond motifs is 1. The van der Waals surface area contributed by atoms with Crippen LogP contribution in [0.1, 0.15) is 37.2 Å². The van der Waals surface area contributed by atoms with Gasteiger partial charge in [-0.2, -0.15) is 5.10 Å². The molecule has 0 spiro atoms. The number of hydrogen-bond acceptors (Lipinski definition) is 3. The van der Waals surface area contributed by atoms with E-state index < -0.39 is 0 Å². The zero-order chi connectivity index (χ0) is 21.5. The molecule has 1 fully saturated rings. The Balaban J connectivity index is 1.74. The number of primary amides is 1. The average Bonchev–Trinajstić information content (AvgIpc) is 3.35. The molecule has 31 heavy (non-hydrogen) atoms. The van der Waals surface area contributed by atoms with Crippen molar-refractivity contribution < 1.29 is 4.79 Å². The van der Waals surface area contributed by atoms with E-state index in [4.69, 9.17) is 17.3 Å². The summed E-state index contributed by atoms with van der Waals surface area (Å²) < 4.78 is 4.25. The average molecular weight is 437 g/mol. The molecule has 8 heteroatoms. The van der Waals surface area contributed by atoms with Crippen LogP contribution in [0, 0.1) is 0 Å². The number of carbonyl (C=O) groups is 1. The maximum atomic E-state index is 11.6. The van der Waals surface area contributed by atoms with Crippen molar-refractivity contribution in [3.05, 3.63) is 53.5 Å². The summed E-state index contributed by atoms with van der Waals surface area (Å²) in [4.78, 5) is 17.8. The predicted molar refractivity (Wildman–Crippen MR) is 123 cm³/mol. The van der Waals surface area contributed by atoms with Crippen LogP contribution >= 0.6 is 11.6 Å². The fourth-order valence-electron chi connectivity index (χ4n) is 4.91. The summed E-state index contributed by atoms with van der Waals surface area (Å²) in [6.07, 6.45) is 13.2. The summed E-state index contributed by atoms with van der Waals surface area (Å²) in [5.41, 5.74) is 11.3. The van der Waals surface area contributed by atoms with Crippen LogP contribution < -0.4 is 5.73 Å². The number of hydrogen-bond donors (Lipinski definition) is 1. The van der Waals surface area contributed by atoms with Gasteiger partial charge in [-0.25, -0.2) is 4.79 Å². The molecule has 3 aromatic rings. The Morgan fingerprint density at radius 1 is 1.16 bits per heavy atom. The van der Waals surface area contributed by atoms with Crippen molar-refractivity contribution >= 4 is 34.2 Å². The Hall–Kier alpha value is -3.06. The number of aryl methyl sites for hydroxylation is 1. The molecule has 1 aliphatic heterocycles. The van der Waals surface area contributed by atoms with E-state index in [-0.39, 0.29) is 6.03 Å². The van der Waals surface area contributed by atoms with E-state index >= 15 is 0 Å². The lowest BCUT2D eigenvalue weighted by molar-refractivity contribution is 0.191. The fourth-order valence-corrected chi connectivity index (χ4v) is 5.06. The highest BCUT2D eigenvalue weighted by molar-refractivity contribution is 6.29. The number of urea groups is 1. The molecule has 2 aliphatic rings. The van der Waals surface area contributed by atoms with Crippen LogP contribution in [0.15, 0.2) is 47.9 Å². The van der Waals surface area contributed by atoms with Gasteiger partial charge in [-0.15, -0.1) is 0 Å². The minimum absolute atomic E-state index is 0.315. The van der Waals surface area contributed by atoms with E-state index in [0.29, 0.717) is 19.0 Å². The quantitative estimate of drug-likeness (QED) is 0.658. The lowest BCUT2D eigenvalue weighted by atomic mass is 9.87. The van der Waals surface area contributed by atoms with Gasteiger partial charge < -0.3 is 15.2 Å². The van der Waals surface area contributed by atoms with E-state index in [1.807, 2.05) is 36.4 Å². The molecule has 0 atom stereocenters. The largest absolute Gasteiger partial charge is 0.351 e. The number of pyridine rings is 1. The number of carbonyl (C=O) groups excluding carboxylic acids is 1. The van der Waals surface area contributed by atoms with Crippen LogP contribution in [0.2, 0.25) is 0 Å². The van der Waals surface area contributed by atoms with Gasteiger partial charge in [-0.05, 0) is 61.4 Å². The normalized spacial score (nSPS) is 17.7. The lowest BCUT2D eigenvalue weighted by Crippen LogP contribution is -2.41. The Morgan fingerprint density at radius 3 is 2.61 bits per heavy atom. The molecular formula is C23H25ClN6O. The zero-order valence-electron chi connectivity index (χ0n) is 17.5. The number of rotatable bonds is 3. The number of nitrogens with two attached hydrogens (primary N) is 1. The summed E-state index contributed by atoms with van der Waals surface area (Å²) in [7, 11) is 1.97. The van der Waals surface area contributed by atoms with Crippen LogP contribution in [-0.2, 0) is 7.05 Å². The highest BCUT2D eigenvalue weighted by Crippen LogP contribution is 2.44. The summed E-state index contributed by atoms with van der Waals surface area (Å²) in [6.45, 7) is 1.34. The number of halogens is 1. The SMILES string of the molecule is Cn1nccc1-c1c(C2CCN(C(N)=O)CC2)c2ccncc2n1C1=CC=C(Cl)CC1. The molecule has 0 saturated carbocycles. The fraction of sp³-hybridized carbons (Fsp3) is 0.348. The first kappa shape index (κ1) is 19.9. The first-order valence-corrected chi connectivity index (χ1v) is 11.0. The van der Waals surface area contributed by atoms with Crippen molar-refractivity contribution in [3.63, 3.8) is 0 Å². The number of aromatic nitrogens is 4. The van der Waals surface area contributed by atoms with E-state index in [2.05, 4.69) is 32.9 Å². The summed E-state index contributed by atoms with van der Waals surface area (Å²) in [6, 6.07) is 3.83. The number of piperidine rings is 1. The third kappa shape index (κ3) is 3.43. The molecule has 0 radical (unpaired) electrons. The van der Waals surface area contributed by atoms with Crippen LogP contribution in [0.3, 0.4) is 0 Å². The van der Waals surface area contributed by atoms with Crippen molar-refractivity contribution in [2.75, 3.05) is 13.1 Å². The molecule has 7 nitrogen and oxygen atoms in total. The van der Waals surface area contributed by atoms with Gasteiger partial charge in [-0.1, -0.05) is 11.6 Å². The van der Waals surface area contributed by atoms with Crippen LogP contribution in [0.4, 0.5) is 4.79 Å². The Morgan fingerprint density at radius 2 is 1.97 bits per heavy atom. The van der Waals surface area contributed by atoms with Crippen LogP contribution in [0.5, 0.6) is 0 Å². The number of amides is 2. The molecule has 1 saturated heterocycles. The zero-order valence-corrected chi connectivity index (χ0v) is 18.2. The van der Waals surface area contributed by atoms with E-state index in [9.17, 15) is 4.79 Å². The van der Waals surface area contributed by atoms with Gasteiger partial charge in [0, 0.05) is 48.6 Å². The topological polar surface area (TPSA) is 82.0 Å². The third-order valence-corrected chi connectivity index (χ3v) is 6.77. The third-order valence-electron chi connectivity index (χ3n) is 6.45. The highest BCUT2D eigenvalue weighted by atomic mass is 35.5. The van der Waals surface area contributed by atoms with E-state index in [1.165, 1.54) is 16.6 Å². The molecule has 1 aliphatic carbocycles. The minimum Gasteiger partial charge on any atom is -0.351 e. The Bertz CT molecular complexity index is 1210. The summed E-state index contributed by atoms with van der Waals surface area (Å²) >= 11 is 6.26. The molecule has 0 unspecified atom stereocenters. The van der Waals surface area contributed by atoms with E-state index in [1.54, 1.807) is 4.90 Å². The molecule has 2 amide bonds. The standard InChI is InChI=1S/C23H25ClN6O/c1-28-19(7-11-27-28)22-21(15-8-12-29(13-9-15)23(25)31)18-6-10-26-14-20(18)30(22)17-4-2-16(24)3-5-17/h2,4,6-7,10-11,14-15H,3,5,8-9,12-13H2,1H3,(H2,25,31). The molecule has 5 rings (SSSR count). The molecule has 4 heterocycles. The van der Waals surface area contributed by atoms with Crippen LogP contribution in [-0.4, -0.2) is 43.4 Å². The summed E-state index contributed by atoms with van der Waals surface area (Å²) in [5, 5.41) is 6.52. The molecule has 160 valence electrons. The Labute approximate surface area is 185 Å². The number of allylic oxidation sites excluding steroid dienone is 4. The van der Waals surface area contributed by atoms with Gasteiger partial charge >= 0.3 is 6.03 Å². The van der Waals surface area contributed by atoms with Crippen molar-refractivity contribution in [1.29, 1.82) is 0 Å². The second-order valence-electron chi connectivity index (χ2n) is 8.20. The summed E-state index contributed by atoms with van der Waals surface area (Å²) in [5.74, 6) is 0.315. The highest BCUT2D eigenvalue weighted by Gasteiger charge is 2.31. The number of likely N-dealkylation sites (tertiary alicyclic amines) is 1. The molecule has 2 N–H and O–H groups in total. The van der Waals surface area contributed by atoms with Gasteiger partial charge in [0.2, 0.25) is 0 Å². The second kappa shape index (κ2) is 7.89. The molecule has 0 aromatic carbocycles. The van der Waals surface area contributed by atoms with Gasteiger partial charge in [0.05, 0.1) is 23.1 Å². The second-order valence-corrected chi connectivity index (χ2v) is 8.69. The first-order chi connectivity index (χ1) is 15.0. The molecule has 3 aromatic heterocycles. The number of nitrogens with zero attached hydrogens (tertiary/aromatic N) is 5. The van der Waals surface area contributed by atoms with Gasteiger partial charge in [-0.3, -0.25) is 9.67 Å².